The van der Waals surface area contributed by atoms with Crippen LogP contribution in [0.1, 0.15) is 21.5 Å². The predicted molar refractivity (Wildman–Crippen MR) is 112 cm³/mol. The number of alkyl halides is 3. The summed E-state index contributed by atoms with van der Waals surface area (Å²) in [5.74, 6) is 0.143. The first kappa shape index (κ1) is 22.4. The Morgan fingerprint density at radius 2 is 1.84 bits per heavy atom. The molecule has 0 bridgehead atoms. The largest absolute Gasteiger partial charge is 0.495 e. The molecule has 0 spiro atoms. The van der Waals surface area contributed by atoms with Gasteiger partial charge >= 0.3 is 6.18 Å². The minimum absolute atomic E-state index is 0.0987. The van der Waals surface area contributed by atoms with E-state index in [9.17, 15) is 18.0 Å². The summed E-state index contributed by atoms with van der Waals surface area (Å²) in [6.07, 6.45) is -4.02. The van der Waals surface area contributed by atoms with Crippen molar-refractivity contribution < 1.29 is 22.7 Å². The molecule has 2 N–H and O–H groups in total. The summed E-state index contributed by atoms with van der Waals surface area (Å²) in [5, 5.41) is 4.71. The second-order valence-corrected chi connectivity index (χ2v) is 6.90. The lowest BCUT2D eigenvalue weighted by atomic mass is 9.98. The van der Waals surface area contributed by atoms with Gasteiger partial charge in [-0.1, -0.05) is 23.7 Å². The van der Waals surface area contributed by atoms with Crippen molar-refractivity contribution in [1.29, 1.82) is 0 Å². The third-order valence-electron chi connectivity index (χ3n) is 4.53. The van der Waals surface area contributed by atoms with Gasteiger partial charge in [-0.2, -0.15) is 13.2 Å². The zero-order valence-electron chi connectivity index (χ0n) is 16.8. The Balaban J connectivity index is 1.93. The van der Waals surface area contributed by atoms with Crippen LogP contribution in [0.3, 0.4) is 0 Å². The Kier molecular flexibility index (Phi) is 6.35. The summed E-state index contributed by atoms with van der Waals surface area (Å²) in [4.78, 5) is 19.1. The van der Waals surface area contributed by atoms with Gasteiger partial charge < -0.3 is 15.4 Å². The molecule has 1 amide bonds. The zero-order valence-corrected chi connectivity index (χ0v) is 17.5. The monoisotopic (exact) mass is 450 g/mol. The molecule has 0 aliphatic heterocycles. The van der Waals surface area contributed by atoms with E-state index in [1.54, 1.807) is 31.3 Å². The van der Waals surface area contributed by atoms with Gasteiger partial charge in [0, 0.05) is 18.8 Å². The van der Waals surface area contributed by atoms with Crippen molar-refractivity contribution in [2.75, 3.05) is 19.5 Å². The van der Waals surface area contributed by atoms with Crippen LogP contribution in [0, 0.1) is 6.92 Å². The Labute approximate surface area is 181 Å². The Hall–Kier alpha value is -3.33. The maximum atomic E-state index is 12.8. The molecular weight excluding hydrogens is 433 g/mol. The molecule has 0 atom stereocenters. The quantitative estimate of drug-likeness (QED) is 0.520. The molecule has 10 heteroatoms. The van der Waals surface area contributed by atoms with E-state index in [4.69, 9.17) is 16.3 Å². The van der Waals surface area contributed by atoms with Crippen molar-refractivity contribution in [3.8, 4) is 16.9 Å². The minimum atomic E-state index is -4.64. The lowest BCUT2D eigenvalue weighted by molar-refractivity contribution is -0.137. The van der Waals surface area contributed by atoms with Gasteiger partial charge in [-0.3, -0.25) is 4.79 Å². The zero-order chi connectivity index (χ0) is 22.8. The van der Waals surface area contributed by atoms with Gasteiger partial charge in [-0.15, -0.1) is 0 Å². The van der Waals surface area contributed by atoms with Crippen LogP contribution in [-0.2, 0) is 6.18 Å². The highest BCUT2D eigenvalue weighted by Gasteiger charge is 2.34. The normalized spacial score (nSPS) is 11.2. The summed E-state index contributed by atoms with van der Waals surface area (Å²) < 4.78 is 44.0. The minimum Gasteiger partial charge on any atom is -0.495 e. The molecule has 0 unspecified atom stereocenters. The second-order valence-electron chi connectivity index (χ2n) is 6.54. The number of methoxy groups -OCH3 is 1. The van der Waals surface area contributed by atoms with E-state index in [1.807, 2.05) is 19.1 Å². The third-order valence-corrected chi connectivity index (χ3v) is 4.81. The summed E-state index contributed by atoms with van der Waals surface area (Å²) in [6.45, 7) is 1.87. The van der Waals surface area contributed by atoms with Gasteiger partial charge in [0.15, 0.2) is 0 Å². The van der Waals surface area contributed by atoms with Crippen LogP contribution in [0.15, 0.2) is 42.6 Å². The molecule has 0 aliphatic carbocycles. The number of aryl methyl sites for hydroxylation is 1. The maximum absolute atomic E-state index is 12.8. The fourth-order valence-electron chi connectivity index (χ4n) is 2.94. The third kappa shape index (κ3) is 4.88. The summed E-state index contributed by atoms with van der Waals surface area (Å²) in [7, 11) is 3.03. The molecule has 0 radical (unpaired) electrons. The van der Waals surface area contributed by atoms with E-state index in [1.165, 1.54) is 7.11 Å². The van der Waals surface area contributed by atoms with Gasteiger partial charge in [0.25, 0.3) is 5.91 Å². The van der Waals surface area contributed by atoms with Crippen LogP contribution in [0.25, 0.3) is 11.1 Å². The number of aromatic nitrogens is 2. The average molecular weight is 451 g/mol. The van der Waals surface area contributed by atoms with Crippen molar-refractivity contribution in [2.45, 2.75) is 13.1 Å². The Morgan fingerprint density at radius 1 is 1.16 bits per heavy atom. The molecule has 0 saturated carbocycles. The molecule has 0 aliphatic rings. The maximum Gasteiger partial charge on any atom is 0.420 e. The highest BCUT2D eigenvalue weighted by Crippen LogP contribution is 2.37. The van der Waals surface area contributed by atoms with Crippen LogP contribution in [0.2, 0.25) is 5.15 Å². The fourth-order valence-corrected chi connectivity index (χ4v) is 3.18. The molecule has 2 aromatic carbocycles. The van der Waals surface area contributed by atoms with Crippen LogP contribution >= 0.6 is 11.6 Å². The molecular formula is C21H18ClF3N4O2. The molecule has 162 valence electrons. The van der Waals surface area contributed by atoms with Crippen LogP contribution in [0.4, 0.5) is 24.8 Å². The number of ether oxygens (including phenoxy) is 1. The van der Waals surface area contributed by atoms with Gasteiger partial charge in [0.2, 0.25) is 5.95 Å². The van der Waals surface area contributed by atoms with Crippen molar-refractivity contribution in [1.82, 2.24) is 15.3 Å². The first-order valence-electron chi connectivity index (χ1n) is 9.02. The number of rotatable bonds is 5. The summed E-state index contributed by atoms with van der Waals surface area (Å²) in [5.41, 5.74) is 2.46. The van der Waals surface area contributed by atoms with Crippen molar-refractivity contribution in [3.63, 3.8) is 0 Å². The van der Waals surface area contributed by atoms with Crippen LogP contribution in [-0.4, -0.2) is 30.0 Å². The smallest absolute Gasteiger partial charge is 0.420 e. The van der Waals surface area contributed by atoms with Gasteiger partial charge in [0.05, 0.1) is 12.8 Å². The number of hydrogen-bond acceptors (Lipinski definition) is 5. The highest BCUT2D eigenvalue weighted by molar-refractivity contribution is 6.30. The van der Waals surface area contributed by atoms with Crippen LogP contribution < -0.4 is 15.4 Å². The molecule has 31 heavy (non-hydrogen) atoms. The number of nitrogens with one attached hydrogen (secondary N) is 2. The average Bonchev–Trinajstić information content (AvgIpc) is 2.72. The van der Waals surface area contributed by atoms with Crippen LogP contribution in [0.5, 0.6) is 5.75 Å². The van der Waals surface area contributed by atoms with E-state index in [0.29, 0.717) is 23.2 Å². The van der Waals surface area contributed by atoms with E-state index in [2.05, 4.69) is 20.6 Å². The lowest BCUT2D eigenvalue weighted by Crippen LogP contribution is -2.17. The number of carbonyl (C=O) groups excluding carboxylic acids is 1. The lowest BCUT2D eigenvalue weighted by Gasteiger charge is -2.15. The number of anilines is 2. The summed E-state index contributed by atoms with van der Waals surface area (Å²) >= 11 is 5.67. The van der Waals surface area contributed by atoms with Gasteiger partial charge in [-0.05, 0) is 47.9 Å². The molecule has 3 aromatic rings. The van der Waals surface area contributed by atoms with E-state index >= 15 is 0 Å². The van der Waals surface area contributed by atoms with E-state index < -0.39 is 16.9 Å². The molecule has 6 nitrogen and oxygen atoms in total. The number of hydrogen-bond donors (Lipinski definition) is 2. The predicted octanol–water partition coefficient (Wildman–Crippen LogP) is 5.24. The van der Waals surface area contributed by atoms with Crippen molar-refractivity contribution in [2.24, 2.45) is 0 Å². The number of nitrogens with zero attached hydrogens (tertiary/aromatic N) is 2. The Morgan fingerprint density at radius 3 is 2.39 bits per heavy atom. The highest BCUT2D eigenvalue weighted by atomic mass is 35.5. The Bertz CT molecular complexity index is 1120. The van der Waals surface area contributed by atoms with E-state index in [-0.39, 0.29) is 11.9 Å². The topological polar surface area (TPSA) is 76.1 Å². The summed E-state index contributed by atoms with van der Waals surface area (Å²) in [6, 6.07) is 10.6. The molecule has 0 fully saturated rings. The van der Waals surface area contributed by atoms with Crippen molar-refractivity contribution in [3.05, 3.63) is 64.4 Å². The molecule has 1 heterocycles. The molecule has 3 rings (SSSR count). The number of amides is 1. The first-order chi connectivity index (χ1) is 14.6. The molecule has 0 saturated heterocycles. The van der Waals surface area contributed by atoms with Gasteiger partial charge in [-0.25, -0.2) is 9.97 Å². The van der Waals surface area contributed by atoms with Crippen molar-refractivity contribution >= 4 is 29.1 Å². The SMILES string of the molecule is CNC(=O)c1ccc(-c2cc(OC)c(Nc3ncc(C(F)(F)F)c(Cl)n3)cc2C)cc1. The number of benzene rings is 2. The second kappa shape index (κ2) is 8.81. The van der Waals surface area contributed by atoms with E-state index in [0.717, 1.165) is 16.7 Å². The number of halogens is 4. The van der Waals surface area contributed by atoms with Gasteiger partial charge in [0.1, 0.15) is 16.5 Å². The fraction of sp³-hybridized carbons (Fsp3) is 0.190. The first-order valence-corrected chi connectivity index (χ1v) is 9.39. The molecule has 1 aromatic heterocycles. The number of carbonyl (C=O) groups is 1. The standard InChI is InChI=1S/C21H18ClF3N4O2/c1-11-8-16(28-20-27-10-15(18(22)29-20)21(23,24)25)17(31-3)9-14(11)12-4-6-13(7-5-12)19(30)26-2/h4-10H,1-3H3,(H,26,30)(H,27,28,29).